The Bertz CT molecular complexity index is 1190. The molecule has 1 fully saturated rings. The van der Waals surface area contributed by atoms with E-state index in [-0.39, 0.29) is 23.8 Å². The van der Waals surface area contributed by atoms with E-state index >= 15 is 0 Å². The molecule has 4 rings (SSSR count). The number of hydrogen-bond acceptors (Lipinski definition) is 5. The lowest BCUT2D eigenvalue weighted by Gasteiger charge is -2.34. The Morgan fingerprint density at radius 3 is 2.24 bits per heavy atom. The largest absolute Gasteiger partial charge is 0.355 e. The number of sulfonamides is 1. The second-order valence-electron chi connectivity index (χ2n) is 8.61. The molecule has 7 nitrogen and oxygen atoms in total. The van der Waals surface area contributed by atoms with Gasteiger partial charge in [-0.15, -0.1) is 0 Å². The molecule has 1 aliphatic heterocycles. The first kappa shape index (κ1) is 24.3. The topological polar surface area (TPSA) is 81.7 Å². The van der Waals surface area contributed by atoms with Crippen molar-refractivity contribution < 1.29 is 13.2 Å². The van der Waals surface area contributed by atoms with Gasteiger partial charge in [-0.2, -0.15) is 0 Å². The Hall–Kier alpha value is -2.78. The van der Waals surface area contributed by atoms with E-state index in [2.05, 4.69) is 44.1 Å². The van der Waals surface area contributed by atoms with E-state index in [4.69, 9.17) is 0 Å². The molecule has 3 aromatic rings. The van der Waals surface area contributed by atoms with Gasteiger partial charge in [-0.05, 0) is 28.5 Å². The van der Waals surface area contributed by atoms with Gasteiger partial charge in [0.05, 0.1) is 4.90 Å². The van der Waals surface area contributed by atoms with Crippen molar-refractivity contribution in [2.45, 2.75) is 17.9 Å². The fourth-order valence-electron chi connectivity index (χ4n) is 4.17. The molecule has 0 saturated carbocycles. The quantitative estimate of drug-likeness (QED) is 0.466. The van der Waals surface area contributed by atoms with Crippen LogP contribution in [0.5, 0.6) is 0 Å². The summed E-state index contributed by atoms with van der Waals surface area (Å²) >= 11 is 0. The van der Waals surface area contributed by atoms with E-state index in [0.717, 1.165) is 50.0 Å². The molecule has 0 unspecified atom stereocenters. The van der Waals surface area contributed by atoms with Crippen LogP contribution in [0.4, 0.5) is 0 Å². The van der Waals surface area contributed by atoms with Crippen LogP contribution in [0.3, 0.4) is 0 Å². The zero-order chi connectivity index (χ0) is 23.8. The summed E-state index contributed by atoms with van der Waals surface area (Å²) in [4.78, 5) is 17.2. The van der Waals surface area contributed by atoms with Gasteiger partial charge < -0.3 is 5.32 Å². The van der Waals surface area contributed by atoms with Crippen LogP contribution in [0.1, 0.15) is 12.0 Å². The summed E-state index contributed by atoms with van der Waals surface area (Å²) in [5, 5.41) is 4.75. The van der Waals surface area contributed by atoms with Crippen molar-refractivity contribution >= 4 is 26.7 Å². The highest BCUT2D eigenvalue weighted by atomic mass is 32.2. The summed E-state index contributed by atoms with van der Waals surface area (Å²) < 4.78 is 27.7. The summed E-state index contributed by atoms with van der Waals surface area (Å²) in [5.74, 6) is -0.149. The molecule has 1 saturated heterocycles. The Balaban J connectivity index is 1.12. The maximum Gasteiger partial charge on any atom is 0.240 e. The van der Waals surface area contributed by atoms with Gasteiger partial charge in [0.1, 0.15) is 0 Å². The minimum Gasteiger partial charge on any atom is -0.355 e. The molecule has 1 amide bonds. The van der Waals surface area contributed by atoms with Gasteiger partial charge in [-0.3, -0.25) is 14.6 Å². The third kappa shape index (κ3) is 6.87. The van der Waals surface area contributed by atoms with Crippen LogP contribution in [0.2, 0.25) is 0 Å². The number of nitrogens with one attached hydrogen (secondary N) is 2. The first-order valence-corrected chi connectivity index (χ1v) is 13.2. The molecule has 180 valence electrons. The fourth-order valence-corrected chi connectivity index (χ4v) is 5.24. The van der Waals surface area contributed by atoms with Crippen molar-refractivity contribution in [3.8, 4) is 0 Å². The molecular formula is C26H32N4O3S. The average Bonchev–Trinajstić information content (AvgIpc) is 2.85. The molecular weight excluding hydrogens is 448 g/mol. The van der Waals surface area contributed by atoms with E-state index in [1.165, 1.54) is 5.56 Å². The molecule has 34 heavy (non-hydrogen) atoms. The molecule has 0 radical (unpaired) electrons. The van der Waals surface area contributed by atoms with Crippen molar-refractivity contribution in [2.24, 2.45) is 0 Å². The van der Waals surface area contributed by atoms with Gasteiger partial charge in [0, 0.05) is 58.8 Å². The highest BCUT2D eigenvalue weighted by Crippen LogP contribution is 2.18. The molecule has 2 N–H and O–H groups in total. The fraction of sp³-hybridized carbons (Fsp3) is 0.346. The number of nitrogens with zero attached hydrogens (tertiary/aromatic N) is 2. The molecule has 0 atom stereocenters. The number of piperazine rings is 1. The Morgan fingerprint density at radius 1 is 0.794 bits per heavy atom. The zero-order valence-electron chi connectivity index (χ0n) is 19.3. The summed E-state index contributed by atoms with van der Waals surface area (Å²) in [6, 6.07) is 23.1. The number of rotatable bonds is 10. The van der Waals surface area contributed by atoms with Gasteiger partial charge in [0.15, 0.2) is 0 Å². The lowest BCUT2D eigenvalue weighted by molar-refractivity contribution is -0.121. The number of carbonyl (C=O) groups is 1. The van der Waals surface area contributed by atoms with Crippen molar-refractivity contribution in [3.63, 3.8) is 0 Å². The number of carbonyl (C=O) groups excluding carboxylic acids is 1. The van der Waals surface area contributed by atoms with Gasteiger partial charge >= 0.3 is 0 Å². The van der Waals surface area contributed by atoms with Crippen LogP contribution < -0.4 is 10.0 Å². The minimum atomic E-state index is -3.66. The molecule has 8 heteroatoms. The van der Waals surface area contributed by atoms with Crippen LogP contribution in [-0.2, 0) is 21.4 Å². The van der Waals surface area contributed by atoms with E-state index in [9.17, 15) is 13.2 Å². The highest BCUT2D eigenvalue weighted by Gasteiger charge is 2.17. The summed E-state index contributed by atoms with van der Waals surface area (Å²) in [5.41, 5.74) is 1.33. The molecule has 0 spiro atoms. The second-order valence-corrected chi connectivity index (χ2v) is 10.4. The first-order chi connectivity index (χ1) is 16.5. The lowest BCUT2D eigenvalue weighted by atomic mass is 10.1. The van der Waals surface area contributed by atoms with E-state index in [1.54, 1.807) is 18.2 Å². The van der Waals surface area contributed by atoms with Crippen LogP contribution in [0.25, 0.3) is 10.8 Å². The smallest absolute Gasteiger partial charge is 0.240 e. The predicted octanol–water partition coefficient (Wildman–Crippen LogP) is 2.44. The summed E-state index contributed by atoms with van der Waals surface area (Å²) in [6.07, 6.45) is 0.109. The zero-order valence-corrected chi connectivity index (χ0v) is 20.1. The van der Waals surface area contributed by atoms with Crippen molar-refractivity contribution in [2.75, 3.05) is 45.8 Å². The van der Waals surface area contributed by atoms with Crippen molar-refractivity contribution in [1.82, 2.24) is 19.8 Å². The van der Waals surface area contributed by atoms with E-state index in [1.807, 2.05) is 30.3 Å². The average molecular weight is 481 g/mol. The molecule has 1 heterocycles. The molecule has 1 aliphatic rings. The third-order valence-corrected chi connectivity index (χ3v) is 7.60. The monoisotopic (exact) mass is 480 g/mol. The van der Waals surface area contributed by atoms with E-state index < -0.39 is 10.0 Å². The molecule has 0 aliphatic carbocycles. The Morgan fingerprint density at radius 2 is 1.47 bits per heavy atom. The van der Waals surface area contributed by atoms with Gasteiger partial charge in [0.25, 0.3) is 0 Å². The minimum absolute atomic E-state index is 0.0686. The normalized spacial score (nSPS) is 15.4. The van der Waals surface area contributed by atoms with Gasteiger partial charge in [-0.1, -0.05) is 60.7 Å². The van der Waals surface area contributed by atoms with Crippen LogP contribution in [-0.4, -0.2) is 69.9 Å². The Labute approximate surface area is 201 Å². The summed E-state index contributed by atoms with van der Waals surface area (Å²) in [6.45, 7) is 6.39. The number of fused-ring (bicyclic) bond motifs is 1. The number of hydrogen-bond donors (Lipinski definition) is 2. The molecule has 0 aromatic heterocycles. The van der Waals surface area contributed by atoms with Crippen LogP contribution in [0.15, 0.2) is 77.7 Å². The SMILES string of the molecule is O=C(CCNS(=O)(=O)c1ccc2ccccc2c1)NCCN1CCN(Cc2ccccc2)CC1. The third-order valence-electron chi connectivity index (χ3n) is 6.14. The maximum atomic E-state index is 12.6. The van der Waals surface area contributed by atoms with Gasteiger partial charge in [0.2, 0.25) is 15.9 Å². The lowest BCUT2D eigenvalue weighted by Crippen LogP contribution is -2.48. The van der Waals surface area contributed by atoms with Crippen LogP contribution >= 0.6 is 0 Å². The molecule has 3 aromatic carbocycles. The number of benzene rings is 3. The maximum absolute atomic E-state index is 12.6. The summed E-state index contributed by atoms with van der Waals surface area (Å²) in [7, 11) is -3.66. The highest BCUT2D eigenvalue weighted by molar-refractivity contribution is 7.89. The molecule has 0 bridgehead atoms. The van der Waals surface area contributed by atoms with Crippen molar-refractivity contribution in [1.29, 1.82) is 0 Å². The Kier molecular flexibility index (Phi) is 8.29. The van der Waals surface area contributed by atoms with E-state index in [0.29, 0.717) is 6.54 Å². The second kappa shape index (κ2) is 11.6. The predicted molar refractivity (Wildman–Crippen MR) is 135 cm³/mol. The standard InChI is InChI=1S/C26H32N4O3S/c31-26(12-13-28-34(32,33)25-11-10-23-8-4-5-9-24(23)20-25)27-14-15-29-16-18-30(19-17-29)21-22-6-2-1-3-7-22/h1-11,20,28H,12-19,21H2,(H,27,31). The van der Waals surface area contributed by atoms with Crippen LogP contribution in [0, 0.1) is 0 Å². The van der Waals surface area contributed by atoms with Crippen molar-refractivity contribution in [3.05, 3.63) is 78.4 Å². The first-order valence-electron chi connectivity index (χ1n) is 11.7. The number of amides is 1. The van der Waals surface area contributed by atoms with Gasteiger partial charge in [-0.25, -0.2) is 13.1 Å².